The van der Waals surface area contributed by atoms with Gasteiger partial charge in [-0.05, 0) is 29.2 Å². The number of methoxy groups -OCH3 is 1. The van der Waals surface area contributed by atoms with E-state index in [-0.39, 0.29) is 5.97 Å². The molecule has 1 aromatic heterocycles. The van der Waals surface area contributed by atoms with Crippen molar-refractivity contribution in [2.24, 2.45) is 0 Å². The SMILES string of the molecule is CC/C(=C\C(=O)OC)c1ccc2c(Cc3ccccc3)c(CC)oc2c1. The van der Waals surface area contributed by atoms with Crippen molar-refractivity contribution in [1.82, 2.24) is 0 Å². The van der Waals surface area contributed by atoms with Crippen molar-refractivity contribution in [2.45, 2.75) is 33.1 Å². The summed E-state index contributed by atoms with van der Waals surface area (Å²) in [5.41, 5.74) is 5.32. The number of ether oxygens (including phenoxy) is 1. The van der Waals surface area contributed by atoms with Crippen LogP contribution in [-0.2, 0) is 22.4 Å². The normalized spacial score (nSPS) is 11.7. The van der Waals surface area contributed by atoms with Crippen molar-refractivity contribution in [3.8, 4) is 0 Å². The maximum absolute atomic E-state index is 11.6. The first-order chi connectivity index (χ1) is 12.7. The molecular formula is C23H24O3. The first-order valence-electron chi connectivity index (χ1n) is 9.03. The zero-order valence-corrected chi connectivity index (χ0v) is 15.5. The van der Waals surface area contributed by atoms with E-state index in [2.05, 4.69) is 43.3 Å². The fourth-order valence-electron chi connectivity index (χ4n) is 3.27. The van der Waals surface area contributed by atoms with Gasteiger partial charge >= 0.3 is 5.97 Å². The minimum absolute atomic E-state index is 0.333. The predicted molar refractivity (Wildman–Crippen MR) is 105 cm³/mol. The van der Waals surface area contributed by atoms with Gasteiger partial charge in [0.25, 0.3) is 0 Å². The lowest BCUT2D eigenvalue weighted by atomic mass is 9.98. The highest BCUT2D eigenvalue weighted by molar-refractivity contribution is 5.93. The lowest BCUT2D eigenvalue weighted by Gasteiger charge is -2.05. The molecule has 134 valence electrons. The third-order valence-electron chi connectivity index (χ3n) is 4.67. The van der Waals surface area contributed by atoms with Crippen LogP contribution in [0, 0.1) is 0 Å². The van der Waals surface area contributed by atoms with E-state index in [0.717, 1.165) is 47.1 Å². The van der Waals surface area contributed by atoms with E-state index in [4.69, 9.17) is 9.15 Å². The molecule has 26 heavy (non-hydrogen) atoms. The minimum Gasteiger partial charge on any atom is -0.466 e. The molecule has 0 aliphatic carbocycles. The van der Waals surface area contributed by atoms with Gasteiger partial charge in [-0.1, -0.05) is 56.3 Å². The lowest BCUT2D eigenvalue weighted by Crippen LogP contribution is -1.97. The highest BCUT2D eigenvalue weighted by Crippen LogP contribution is 2.31. The van der Waals surface area contributed by atoms with E-state index in [1.807, 2.05) is 19.1 Å². The standard InChI is InChI=1S/C23H24O3/c1-4-17(15-23(24)25-3)18-11-12-19-20(13-16-9-7-6-8-10-16)21(5-2)26-22(19)14-18/h6-12,14-15H,4-5,13H2,1-3H3/b17-15+. The van der Waals surface area contributed by atoms with Crippen LogP contribution in [-0.4, -0.2) is 13.1 Å². The summed E-state index contributed by atoms with van der Waals surface area (Å²) in [6.45, 7) is 4.14. The van der Waals surface area contributed by atoms with Gasteiger partial charge in [0.2, 0.25) is 0 Å². The van der Waals surface area contributed by atoms with Gasteiger partial charge in [0.15, 0.2) is 0 Å². The number of hydrogen-bond donors (Lipinski definition) is 0. The minimum atomic E-state index is -0.333. The van der Waals surface area contributed by atoms with Crippen LogP contribution < -0.4 is 0 Å². The molecule has 0 radical (unpaired) electrons. The molecule has 2 aromatic carbocycles. The molecule has 0 bridgehead atoms. The Morgan fingerprint density at radius 2 is 1.88 bits per heavy atom. The Labute approximate surface area is 154 Å². The van der Waals surface area contributed by atoms with Crippen molar-refractivity contribution in [3.63, 3.8) is 0 Å². The second-order valence-electron chi connectivity index (χ2n) is 6.28. The van der Waals surface area contributed by atoms with Gasteiger partial charge in [-0.25, -0.2) is 4.79 Å². The Kier molecular flexibility index (Phi) is 5.57. The summed E-state index contributed by atoms with van der Waals surface area (Å²) in [6.07, 6.45) is 4.01. The molecule has 0 fully saturated rings. The van der Waals surface area contributed by atoms with E-state index < -0.39 is 0 Å². The molecule has 0 saturated heterocycles. The number of carbonyl (C=O) groups is 1. The molecular weight excluding hydrogens is 324 g/mol. The Hall–Kier alpha value is -2.81. The lowest BCUT2D eigenvalue weighted by molar-refractivity contribution is -0.134. The molecule has 0 atom stereocenters. The summed E-state index contributed by atoms with van der Waals surface area (Å²) in [7, 11) is 1.39. The molecule has 3 rings (SSSR count). The van der Waals surface area contributed by atoms with Crippen LogP contribution in [0.2, 0.25) is 0 Å². The molecule has 3 aromatic rings. The van der Waals surface area contributed by atoms with Crippen molar-refractivity contribution in [1.29, 1.82) is 0 Å². The van der Waals surface area contributed by atoms with Crippen LogP contribution in [0.3, 0.4) is 0 Å². The number of fused-ring (bicyclic) bond motifs is 1. The number of furan rings is 1. The summed E-state index contributed by atoms with van der Waals surface area (Å²) < 4.78 is 10.9. The fraction of sp³-hybridized carbons (Fsp3) is 0.261. The van der Waals surface area contributed by atoms with E-state index in [1.54, 1.807) is 6.08 Å². The molecule has 1 heterocycles. The quantitative estimate of drug-likeness (QED) is 0.433. The summed E-state index contributed by atoms with van der Waals surface area (Å²) in [4.78, 5) is 11.6. The zero-order chi connectivity index (χ0) is 18.5. The number of esters is 1. The number of aryl methyl sites for hydroxylation is 1. The maximum Gasteiger partial charge on any atom is 0.330 e. The van der Waals surface area contributed by atoms with Crippen LogP contribution in [0.5, 0.6) is 0 Å². The number of benzene rings is 2. The van der Waals surface area contributed by atoms with Crippen LogP contribution in [0.4, 0.5) is 0 Å². The Balaban J connectivity index is 2.03. The van der Waals surface area contributed by atoms with Gasteiger partial charge in [0, 0.05) is 29.9 Å². The monoisotopic (exact) mass is 348 g/mol. The van der Waals surface area contributed by atoms with E-state index in [0.29, 0.717) is 0 Å². The first-order valence-corrected chi connectivity index (χ1v) is 9.03. The van der Waals surface area contributed by atoms with E-state index in [9.17, 15) is 4.79 Å². The molecule has 0 N–H and O–H groups in total. The van der Waals surface area contributed by atoms with Crippen LogP contribution in [0.15, 0.2) is 59.0 Å². The highest BCUT2D eigenvalue weighted by atomic mass is 16.5. The van der Waals surface area contributed by atoms with Crippen LogP contribution >= 0.6 is 0 Å². The Bertz CT molecular complexity index is 933. The smallest absolute Gasteiger partial charge is 0.330 e. The molecule has 0 saturated carbocycles. The zero-order valence-electron chi connectivity index (χ0n) is 15.5. The van der Waals surface area contributed by atoms with E-state index >= 15 is 0 Å². The second-order valence-corrected chi connectivity index (χ2v) is 6.28. The molecule has 0 aliphatic rings. The molecule has 0 spiro atoms. The van der Waals surface area contributed by atoms with Gasteiger partial charge in [0.1, 0.15) is 11.3 Å². The van der Waals surface area contributed by atoms with Gasteiger partial charge in [-0.2, -0.15) is 0 Å². The molecule has 3 heteroatoms. The van der Waals surface area contributed by atoms with Gasteiger partial charge in [0.05, 0.1) is 7.11 Å². The van der Waals surface area contributed by atoms with Gasteiger partial charge in [-0.15, -0.1) is 0 Å². The van der Waals surface area contributed by atoms with E-state index in [1.165, 1.54) is 18.2 Å². The number of rotatable bonds is 6. The summed E-state index contributed by atoms with van der Waals surface area (Å²) >= 11 is 0. The molecule has 0 amide bonds. The Morgan fingerprint density at radius 3 is 2.54 bits per heavy atom. The summed E-state index contributed by atoms with van der Waals surface area (Å²) in [5.74, 6) is 0.691. The maximum atomic E-state index is 11.6. The second kappa shape index (κ2) is 8.05. The molecule has 0 aliphatic heterocycles. The van der Waals surface area contributed by atoms with Crippen molar-refractivity contribution in [3.05, 3.63) is 77.1 Å². The Morgan fingerprint density at radius 1 is 1.12 bits per heavy atom. The van der Waals surface area contributed by atoms with Crippen molar-refractivity contribution >= 4 is 22.5 Å². The van der Waals surface area contributed by atoms with Crippen LogP contribution in [0.1, 0.15) is 42.7 Å². The molecule has 3 nitrogen and oxygen atoms in total. The summed E-state index contributed by atoms with van der Waals surface area (Å²) in [6, 6.07) is 16.6. The number of hydrogen-bond acceptors (Lipinski definition) is 3. The third kappa shape index (κ3) is 3.72. The van der Waals surface area contributed by atoms with Crippen LogP contribution in [0.25, 0.3) is 16.5 Å². The first kappa shape index (κ1) is 18.0. The number of carbonyl (C=O) groups excluding carboxylic acids is 1. The fourth-order valence-corrected chi connectivity index (χ4v) is 3.27. The topological polar surface area (TPSA) is 39.4 Å². The van der Waals surface area contributed by atoms with Gasteiger partial charge in [-0.3, -0.25) is 0 Å². The average molecular weight is 348 g/mol. The number of allylic oxidation sites excluding steroid dienone is 1. The van der Waals surface area contributed by atoms with Crippen molar-refractivity contribution in [2.75, 3.05) is 7.11 Å². The third-order valence-corrected chi connectivity index (χ3v) is 4.67. The highest BCUT2D eigenvalue weighted by Gasteiger charge is 2.15. The molecule has 0 unspecified atom stereocenters. The average Bonchev–Trinajstić information content (AvgIpc) is 3.03. The predicted octanol–water partition coefficient (Wildman–Crippen LogP) is 5.55. The van der Waals surface area contributed by atoms with Gasteiger partial charge < -0.3 is 9.15 Å². The summed E-state index contributed by atoms with van der Waals surface area (Å²) in [5, 5.41) is 1.14. The largest absolute Gasteiger partial charge is 0.466 e. The van der Waals surface area contributed by atoms with Crippen molar-refractivity contribution < 1.29 is 13.9 Å².